The van der Waals surface area contributed by atoms with E-state index in [1.54, 1.807) is 0 Å². The van der Waals surface area contributed by atoms with E-state index in [0.717, 1.165) is 51.6 Å². The van der Waals surface area contributed by atoms with Crippen LogP contribution in [0.3, 0.4) is 0 Å². The highest BCUT2D eigenvalue weighted by molar-refractivity contribution is 5.77. The number of rotatable bonds is 6. The van der Waals surface area contributed by atoms with Gasteiger partial charge in [0.25, 0.3) is 0 Å². The quantitative estimate of drug-likeness (QED) is 0.727. The van der Waals surface area contributed by atoms with Gasteiger partial charge in [0.15, 0.2) is 0 Å². The molecule has 100 valence electrons. The van der Waals surface area contributed by atoms with E-state index >= 15 is 0 Å². The molecule has 0 aromatic heterocycles. The molecule has 1 N–H and O–H groups in total. The van der Waals surface area contributed by atoms with E-state index in [1.165, 1.54) is 0 Å². The lowest BCUT2D eigenvalue weighted by atomic mass is 9.75. The van der Waals surface area contributed by atoms with Crippen LogP contribution < -0.4 is 5.32 Å². The minimum atomic E-state index is -0.206. The molecule has 17 heavy (non-hydrogen) atoms. The van der Waals surface area contributed by atoms with E-state index in [4.69, 9.17) is 4.74 Å². The van der Waals surface area contributed by atoms with Gasteiger partial charge < -0.3 is 10.1 Å². The Balaban J connectivity index is 2.59. The van der Waals surface area contributed by atoms with Crippen molar-refractivity contribution in [2.45, 2.75) is 65.4 Å². The van der Waals surface area contributed by atoms with Gasteiger partial charge in [-0.2, -0.15) is 0 Å². The number of carbonyl (C=O) groups excluding carboxylic acids is 1. The van der Waals surface area contributed by atoms with E-state index in [0.29, 0.717) is 0 Å². The lowest BCUT2D eigenvalue weighted by Crippen LogP contribution is -2.43. The van der Waals surface area contributed by atoms with Crippen molar-refractivity contribution in [2.75, 3.05) is 13.1 Å². The molecule has 1 aliphatic heterocycles. The van der Waals surface area contributed by atoms with Crippen LogP contribution in [0.4, 0.5) is 0 Å². The molecule has 1 atom stereocenters. The SMILES string of the molecule is CCCC(C)OC(=O)C1(CCC)CCNCC1. The number of ether oxygens (including phenoxy) is 1. The summed E-state index contributed by atoms with van der Waals surface area (Å²) in [6, 6.07) is 0. The van der Waals surface area contributed by atoms with Crippen molar-refractivity contribution in [1.82, 2.24) is 5.32 Å². The fraction of sp³-hybridized carbons (Fsp3) is 0.929. The number of nitrogens with one attached hydrogen (secondary N) is 1. The third kappa shape index (κ3) is 3.98. The standard InChI is InChI=1S/C14H27NO2/c1-4-6-12(3)17-13(16)14(7-5-2)8-10-15-11-9-14/h12,15H,4-11H2,1-3H3. The first-order valence-electron chi connectivity index (χ1n) is 7.06. The Morgan fingerprint density at radius 1 is 1.29 bits per heavy atom. The number of hydrogen-bond donors (Lipinski definition) is 1. The first-order chi connectivity index (χ1) is 8.14. The molecule has 0 aliphatic carbocycles. The van der Waals surface area contributed by atoms with E-state index in [-0.39, 0.29) is 17.5 Å². The molecule has 0 saturated carbocycles. The van der Waals surface area contributed by atoms with Gasteiger partial charge in [-0.3, -0.25) is 4.79 Å². The Morgan fingerprint density at radius 2 is 1.94 bits per heavy atom. The number of piperidine rings is 1. The van der Waals surface area contributed by atoms with E-state index in [9.17, 15) is 4.79 Å². The maximum Gasteiger partial charge on any atom is 0.312 e. The van der Waals surface area contributed by atoms with Crippen molar-refractivity contribution >= 4 is 5.97 Å². The summed E-state index contributed by atoms with van der Waals surface area (Å²) in [6.07, 6.45) is 5.97. The second-order valence-corrected chi connectivity index (χ2v) is 5.28. The Morgan fingerprint density at radius 3 is 2.47 bits per heavy atom. The zero-order valence-electron chi connectivity index (χ0n) is 11.6. The third-order valence-corrected chi connectivity index (χ3v) is 3.73. The molecule has 1 fully saturated rings. The molecule has 3 heteroatoms. The predicted molar refractivity (Wildman–Crippen MR) is 69.9 cm³/mol. The van der Waals surface area contributed by atoms with Crippen LogP contribution in [0.5, 0.6) is 0 Å². The summed E-state index contributed by atoms with van der Waals surface area (Å²) >= 11 is 0. The maximum absolute atomic E-state index is 12.3. The van der Waals surface area contributed by atoms with Crippen molar-refractivity contribution in [2.24, 2.45) is 5.41 Å². The summed E-state index contributed by atoms with van der Waals surface area (Å²) in [4.78, 5) is 12.3. The summed E-state index contributed by atoms with van der Waals surface area (Å²) in [6.45, 7) is 8.15. The van der Waals surface area contributed by atoms with Crippen molar-refractivity contribution in [3.8, 4) is 0 Å². The highest BCUT2D eigenvalue weighted by atomic mass is 16.5. The molecule has 3 nitrogen and oxygen atoms in total. The van der Waals surface area contributed by atoms with Gasteiger partial charge in [0, 0.05) is 0 Å². The van der Waals surface area contributed by atoms with Crippen molar-refractivity contribution in [3.05, 3.63) is 0 Å². The Kier molecular flexibility index (Phi) is 5.96. The molecule has 1 unspecified atom stereocenters. The Labute approximate surface area is 105 Å². The van der Waals surface area contributed by atoms with Crippen LogP contribution in [0.2, 0.25) is 0 Å². The highest BCUT2D eigenvalue weighted by Crippen LogP contribution is 2.35. The first-order valence-corrected chi connectivity index (χ1v) is 7.06. The van der Waals surface area contributed by atoms with Gasteiger partial charge in [-0.05, 0) is 45.7 Å². The molecule has 0 bridgehead atoms. The molecule has 0 amide bonds. The van der Waals surface area contributed by atoms with Crippen LogP contribution in [0.25, 0.3) is 0 Å². The van der Waals surface area contributed by atoms with E-state index in [1.807, 2.05) is 6.92 Å². The Bertz CT molecular complexity index is 229. The summed E-state index contributed by atoms with van der Waals surface area (Å²) < 4.78 is 5.62. The van der Waals surface area contributed by atoms with Gasteiger partial charge >= 0.3 is 5.97 Å². The fourth-order valence-corrected chi connectivity index (χ4v) is 2.71. The first kappa shape index (κ1) is 14.5. The van der Waals surface area contributed by atoms with Gasteiger partial charge in [0.2, 0.25) is 0 Å². The average Bonchev–Trinajstić information content (AvgIpc) is 2.30. The topological polar surface area (TPSA) is 38.3 Å². The summed E-state index contributed by atoms with van der Waals surface area (Å²) in [5, 5.41) is 3.32. The maximum atomic E-state index is 12.3. The largest absolute Gasteiger partial charge is 0.462 e. The summed E-state index contributed by atoms with van der Waals surface area (Å²) in [7, 11) is 0. The minimum absolute atomic E-state index is 0.0433. The van der Waals surface area contributed by atoms with Gasteiger partial charge in [-0.15, -0.1) is 0 Å². The van der Waals surface area contributed by atoms with E-state index < -0.39 is 0 Å². The van der Waals surface area contributed by atoms with Crippen molar-refractivity contribution in [3.63, 3.8) is 0 Å². The molecular formula is C14H27NO2. The predicted octanol–water partition coefficient (Wildman–Crippen LogP) is 2.89. The number of hydrogen-bond acceptors (Lipinski definition) is 3. The van der Waals surface area contributed by atoms with Gasteiger partial charge in [-0.25, -0.2) is 0 Å². The number of carbonyl (C=O) groups is 1. The van der Waals surface area contributed by atoms with Crippen LogP contribution in [-0.4, -0.2) is 25.2 Å². The lowest BCUT2D eigenvalue weighted by molar-refractivity contribution is -0.163. The lowest BCUT2D eigenvalue weighted by Gasteiger charge is -2.36. The van der Waals surface area contributed by atoms with Crippen LogP contribution in [0.1, 0.15) is 59.3 Å². The van der Waals surface area contributed by atoms with Crippen LogP contribution >= 0.6 is 0 Å². The fourth-order valence-electron chi connectivity index (χ4n) is 2.71. The molecular weight excluding hydrogens is 214 g/mol. The van der Waals surface area contributed by atoms with Crippen LogP contribution in [0.15, 0.2) is 0 Å². The monoisotopic (exact) mass is 241 g/mol. The van der Waals surface area contributed by atoms with Gasteiger partial charge in [0.05, 0.1) is 11.5 Å². The molecule has 0 spiro atoms. The molecule has 1 saturated heterocycles. The molecule has 1 aliphatic rings. The zero-order chi connectivity index (χ0) is 12.7. The van der Waals surface area contributed by atoms with Gasteiger partial charge in [0.1, 0.15) is 0 Å². The zero-order valence-corrected chi connectivity index (χ0v) is 11.6. The minimum Gasteiger partial charge on any atom is -0.462 e. The molecule has 0 radical (unpaired) electrons. The van der Waals surface area contributed by atoms with Crippen LogP contribution in [-0.2, 0) is 9.53 Å². The van der Waals surface area contributed by atoms with Crippen molar-refractivity contribution < 1.29 is 9.53 Å². The van der Waals surface area contributed by atoms with Crippen LogP contribution in [0, 0.1) is 5.41 Å². The summed E-state index contributed by atoms with van der Waals surface area (Å²) in [5.41, 5.74) is -0.206. The molecule has 1 rings (SSSR count). The molecule has 1 heterocycles. The summed E-state index contributed by atoms with van der Waals surface area (Å²) in [5.74, 6) is 0.0433. The average molecular weight is 241 g/mol. The smallest absolute Gasteiger partial charge is 0.312 e. The second kappa shape index (κ2) is 7.00. The van der Waals surface area contributed by atoms with Gasteiger partial charge in [-0.1, -0.05) is 26.7 Å². The molecule has 0 aromatic carbocycles. The second-order valence-electron chi connectivity index (χ2n) is 5.28. The van der Waals surface area contributed by atoms with E-state index in [2.05, 4.69) is 19.2 Å². The normalized spacial score (nSPS) is 20.9. The number of esters is 1. The third-order valence-electron chi connectivity index (χ3n) is 3.73. The molecule has 0 aromatic rings. The van der Waals surface area contributed by atoms with Crippen molar-refractivity contribution in [1.29, 1.82) is 0 Å². The highest BCUT2D eigenvalue weighted by Gasteiger charge is 2.40. The Hall–Kier alpha value is -0.570.